The van der Waals surface area contributed by atoms with E-state index in [1.54, 1.807) is 0 Å². The molecule has 2 nitrogen and oxygen atoms in total. The third-order valence-electron chi connectivity index (χ3n) is 6.38. The summed E-state index contributed by atoms with van der Waals surface area (Å²) in [5.41, 5.74) is 0.907. The van der Waals surface area contributed by atoms with Gasteiger partial charge in [0.15, 0.2) is 0 Å². The van der Waals surface area contributed by atoms with Gasteiger partial charge in [0.05, 0.1) is 6.61 Å². The first kappa shape index (κ1) is 15.3. The molecule has 0 spiro atoms. The Kier molecular flexibility index (Phi) is 4.32. The summed E-state index contributed by atoms with van der Waals surface area (Å²) >= 11 is 0. The van der Waals surface area contributed by atoms with E-state index >= 15 is 0 Å². The number of methoxy groups -OCH3 is 1. The molecule has 0 radical (unpaired) electrons. The summed E-state index contributed by atoms with van der Waals surface area (Å²) in [6.45, 7) is 15.7. The SMILES string of the molecule is COCC1(C)CCC(N2CC(C)C(C)(C)C(C)C2)C1. The fourth-order valence-corrected chi connectivity index (χ4v) is 4.11. The molecule has 0 amide bonds. The predicted octanol–water partition coefficient (Wildman–Crippen LogP) is 3.81. The van der Waals surface area contributed by atoms with Crippen molar-refractivity contribution in [1.82, 2.24) is 4.90 Å². The second-order valence-corrected chi connectivity index (χ2v) is 8.22. The van der Waals surface area contributed by atoms with Gasteiger partial charge in [-0.15, -0.1) is 0 Å². The maximum atomic E-state index is 5.42. The average molecular weight is 267 g/mol. The molecule has 2 fully saturated rings. The van der Waals surface area contributed by atoms with Crippen LogP contribution in [0, 0.1) is 22.7 Å². The van der Waals surface area contributed by atoms with Crippen LogP contribution < -0.4 is 0 Å². The lowest BCUT2D eigenvalue weighted by molar-refractivity contribution is -0.00801. The van der Waals surface area contributed by atoms with E-state index in [1.807, 2.05) is 7.11 Å². The van der Waals surface area contributed by atoms with Gasteiger partial charge in [0.25, 0.3) is 0 Å². The number of hydrogen-bond acceptors (Lipinski definition) is 2. The van der Waals surface area contributed by atoms with Gasteiger partial charge in [0, 0.05) is 26.2 Å². The molecular formula is C17H33NO. The Balaban J connectivity index is 1.98. The largest absolute Gasteiger partial charge is 0.384 e. The van der Waals surface area contributed by atoms with Crippen LogP contribution in [0.4, 0.5) is 0 Å². The minimum atomic E-state index is 0.416. The summed E-state index contributed by atoms with van der Waals surface area (Å²) in [6, 6.07) is 0.793. The molecule has 1 aliphatic carbocycles. The fourth-order valence-electron chi connectivity index (χ4n) is 4.11. The molecule has 1 saturated carbocycles. The van der Waals surface area contributed by atoms with E-state index in [0.29, 0.717) is 10.8 Å². The van der Waals surface area contributed by atoms with E-state index in [1.165, 1.54) is 32.4 Å². The molecule has 19 heavy (non-hydrogen) atoms. The molecule has 1 heterocycles. The number of ether oxygens (including phenoxy) is 1. The van der Waals surface area contributed by atoms with Crippen molar-refractivity contribution in [2.75, 3.05) is 26.8 Å². The van der Waals surface area contributed by atoms with E-state index < -0.39 is 0 Å². The van der Waals surface area contributed by atoms with Gasteiger partial charge in [-0.3, -0.25) is 4.90 Å². The molecule has 2 rings (SSSR count). The summed E-state index contributed by atoms with van der Waals surface area (Å²) < 4.78 is 5.42. The van der Waals surface area contributed by atoms with Crippen LogP contribution in [0.2, 0.25) is 0 Å². The van der Waals surface area contributed by atoms with Gasteiger partial charge in [0.1, 0.15) is 0 Å². The van der Waals surface area contributed by atoms with Gasteiger partial charge < -0.3 is 4.74 Å². The van der Waals surface area contributed by atoms with Crippen molar-refractivity contribution >= 4 is 0 Å². The molecule has 112 valence electrons. The van der Waals surface area contributed by atoms with Crippen LogP contribution in [0.25, 0.3) is 0 Å². The maximum Gasteiger partial charge on any atom is 0.0516 e. The average Bonchev–Trinajstić information content (AvgIpc) is 2.69. The smallest absolute Gasteiger partial charge is 0.0516 e. The highest BCUT2D eigenvalue weighted by Crippen LogP contribution is 2.45. The minimum absolute atomic E-state index is 0.416. The summed E-state index contributed by atoms with van der Waals surface area (Å²) in [7, 11) is 1.84. The molecule has 4 unspecified atom stereocenters. The first-order valence-corrected chi connectivity index (χ1v) is 8.01. The van der Waals surface area contributed by atoms with Crippen molar-refractivity contribution in [3.05, 3.63) is 0 Å². The first-order chi connectivity index (χ1) is 8.78. The van der Waals surface area contributed by atoms with Crippen LogP contribution in [0.3, 0.4) is 0 Å². The highest BCUT2D eigenvalue weighted by atomic mass is 16.5. The third-order valence-corrected chi connectivity index (χ3v) is 6.38. The predicted molar refractivity (Wildman–Crippen MR) is 81.3 cm³/mol. The maximum absolute atomic E-state index is 5.42. The molecule has 2 aliphatic rings. The van der Waals surface area contributed by atoms with Gasteiger partial charge in [-0.25, -0.2) is 0 Å². The van der Waals surface area contributed by atoms with Crippen molar-refractivity contribution in [1.29, 1.82) is 0 Å². The van der Waals surface area contributed by atoms with Gasteiger partial charge in [-0.2, -0.15) is 0 Å². The van der Waals surface area contributed by atoms with Gasteiger partial charge >= 0.3 is 0 Å². The Bertz CT molecular complexity index is 300. The summed E-state index contributed by atoms with van der Waals surface area (Å²) in [5, 5.41) is 0. The van der Waals surface area contributed by atoms with Crippen molar-refractivity contribution in [3.8, 4) is 0 Å². The molecule has 0 bridgehead atoms. The Morgan fingerprint density at radius 3 is 2.21 bits per heavy atom. The van der Waals surface area contributed by atoms with Gasteiger partial charge in [-0.1, -0.05) is 34.6 Å². The van der Waals surface area contributed by atoms with Crippen LogP contribution in [-0.2, 0) is 4.74 Å². The highest BCUT2D eigenvalue weighted by Gasteiger charge is 2.44. The van der Waals surface area contributed by atoms with E-state index in [-0.39, 0.29) is 0 Å². The Morgan fingerprint density at radius 1 is 1.11 bits per heavy atom. The van der Waals surface area contributed by atoms with Crippen LogP contribution in [0.15, 0.2) is 0 Å². The van der Waals surface area contributed by atoms with Crippen molar-refractivity contribution < 1.29 is 4.74 Å². The Labute approximate surface area is 119 Å². The van der Waals surface area contributed by atoms with Crippen LogP contribution in [0.1, 0.15) is 53.9 Å². The second kappa shape index (κ2) is 5.37. The minimum Gasteiger partial charge on any atom is -0.384 e. The lowest BCUT2D eigenvalue weighted by atomic mass is 9.67. The van der Waals surface area contributed by atoms with Crippen molar-refractivity contribution in [2.45, 2.75) is 59.9 Å². The first-order valence-electron chi connectivity index (χ1n) is 8.01. The number of nitrogens with zero attached hydrogens (tertiary/aromatic N) is 1. The zero-order valence-electron chi connectivity index (χ0n) is 13.8. The number of rotatable bonds is 3. The quantitative estimate of drug-likeness (QED) is 0.771. The van der Waals surface area contributed by atoms with Crippen LogP contribution in [-0.4, -0.2) is 37.7 Å². The highest BCUT2D eigenvalue weighted by molar-refractivity contribution is 4.96. The topological polar surface area (TPSA) is 12.5 Å². The third kappa shape index (κ3) is 3.00. The Morgan fingerprint density at radius 2 is 1.68 bits per heavy atom. The zero-order valence-corrected chi connectivity index (χ0v) is 13.8. The van der Waals surface area contributed by atoms with E-state index in [9.17, 15) is 0 Å². The molecule has 1 saturated heterocycles. The number of hydrogen-bond donors (Lipinski definition) is 0. The van der Waals surface area contributed by atoms with Crippen LogP contribution in [0.5, 0.6) is 0 Å². The molecule has 2 heteroatoms. The summed E-state index contributed by atoms with van der Waals surface area (Å²) in [5.74, 6) is 1.59. The molecule has 0 aromatic rings. The zero-order chi connectivity index (χ0) is 14.3. The molecule has 1 aliphatic heterocycles. The van der Waals surface area contributed by atoms with E-state index in [0.717, 1.165) is 24.5 Å². The number of likely N-dealkylation sites (tertiary alicyclic amines) is 1. The fraction of sp³-hybridized carbons (Fsp3) is 1.00. The van der Waals surface area contributed by atoms with Crippen LogP contribution >= 0.6 is 0 Å². The Hall–Kier alpha value is -0.0800. The van der Waals surface area contributed by atoms with E-state index in [2.05, 4.69) is 39.5 Å². The van der Waals surface area contributed by atoms with Crippen molar-refractivity contribution in [3.63, 3.8) is 0 Å². The van der Waals surface area contributed by atoms with E-state index in [4.69, 9.17) is 4.74 Å². The van der Waals surface area contributed by atoms with Gasteiger partial charge in [0.2, 0.25) is 0 Å². The normalized spacial score (nSPS) is 43.6. The molecule has 0 aromatic carbocycles. The molecular weight excluding hydrogens is 234 g/mol. The monoisotopic (exact) mass is 267 g/mol. The lowest BCUT2D eigenvalue weighted by Crippen LogP contribution is -2.52. The molecule has 4 atom stereocenters. The standard InChI is InChI=1S/C17H33NO/c1-13-10-18(11-14(2)16(13,3)4)15-7-8-17(5,9-15)12-19-6/h13-15H,7-12H2,1-6H3. The lowest BCUT2D eigenvalue weighted by Gasteiger charge is -2.49. The molecule has 0 N–H and O–H groups in total. The second-order valence-electron chi connectivity index (χ2n) is 8.22. The van der Waals surface area contributed by atoms with Crippen molar-refractivity contribution in [2.24, 2.45) is 22.7 Å². The van der Waals surface area contributed by atoms with Gasteiger partial charge in [-0.05, 0) is 41.9 Å². The summed E-state index contributed by atoms with van der Waals surface area (Å²) in [4.78, 5) is 2.78. The summed E-state index contributed by atoms with van der Waals surface area (Å²) in [6.07, 6.45) is 4.01. The number of piperidine rings is 1. The molecule has 0 aromatic heterocycles.